The van der Waals surface area contributed by atoms with Crippen molar-refractivity contribution in [2.75, 3.05) is 11.4 Å². The third-order valence-corrected chi connectivity index (χ3v) is 6.61. The second-order valence-corrected chi connectivity index (χ2v) is 8.27. The zero-order valence-corrected chi connectivity index (χ0v) is 17.4. The Hall–Kier alpha value is -2.67. The van der Waals surface area contributed by atoms with Crippen molar-refractivity contribution in [3.8, 4) is 0 Å². The summed E-state index contributed by atoms with van der Waals surface area (Å²) in [6.07, 6.45) is 1.00. The zero-order valence-electron chi connectivity index (χ0n) is 16.6. The van der Waals surface area contributed by atoms with E-state index in [1.807, 2.05) is 52.0 Å². The molecule has 6 nitrogen and oxygen atoms in total. The number of aryl methyl sites for hydroxylation is 3. The molecular weight excluding hydrogens is 374 g/mol. The molecule has 7 heteroatoms. The van der Waals surface area contributed by atoms with Crippen LogP contribution in [0.5, 0.6) is 0 Å². The average molecular weight is 400 g/mol. The summed E-state index contributed by atoms with van der Waals surface area (Å²) in [5, 5.41) is 0. The third-order valence-electron chi connectivity index (χ3n) is 5.23. The Morgan fingerprint density at radius 1 is 1.18 bits per heavy atom. The molecule has 0 saturated carbocycles. The van der Waals surface area contributed by atoms with Crippen LogP contribution in [0.2, 0.25) is 0 Å². The van der Waals surface area contributed by atoms with Crippen molar-refractivity contribution >= 4 is 34.7 Å². The van der Waals surface area contributed by atoms with Gasteiger partial charge in [-0.05, 0) is 56.0 Å². The minimum absolute atomic E-state index is 0.0818. The summed E-state index contributed by atoms with van der Waals surface area (Å²) in [5.41, 5.74) is 9.00. The van der Waals surface area contributed by atoms with E-state index in [9.17, 15) is 14.4 Å². The first kappa shape index (κ1) is 20.1. The van der Waals surface area contributed by atoms with Crippen LogP contribution in [0.4, 0.5) is 5.69 Å². The molecule has 3 amide bonds. The van der Waals surface area contributed by atoms with Gasteiger partial charge in [-0.2, -0.15) is 0 Å². The predicted molar refractivity (Wildman–Crippen MR) is 110 cm³/mol. The SMILES string of the molecule is CCc1sc(C(=O)NNC(=O)C2CC(=O)N(c3cccc(C)c3C)C2)cc1C. The van der Waals surface area contributed by atoms with Gasteiger partial charge in [0.2, 0.25) is 11.8 Å². The van der Waals surface area contributed by atoms with Gasteiger partial charge in [0.1, 0.15) is 0 Å². The van der Waals surface area contributed by atoms with E-state index >= 15 is 0 Å². The molecule has 1 aliphatic heterocycles. The molecule has 2 N–H and O–H groups in total. The second-order valence-electron chi connectivity index (χ2n) is 7.14. The van der Waals surface area contributed by atoms with Crippen molar-refractivity contribution in [2.24, 2.45) is 5.92 Å². The highest BCUT2D eigenvalue weighted by Crippen LogP contribution is 2.29. The van der Waals surface area contributed by atoms with Gasteiger partial charge in [-0.15, -0.1) is 11.3 Å². The number of amides is 3. The van der Waals surface area contributed by atoms with Crippen LogP contribution in [0, 0.1) is 26.7 Å². The Morgan fingerprint density at radius 2 is 1.93 bits per heavy atom. The number of anilines is 1. The maximum absolute atomic E-state index is 12.5. The van der Waals surface area contributed by atoms with E-state index in [1.165, 1.54) is 11.3 Å². The van der Waals surface area contributed by atoms with Crippen molar-refractivity contribution in [3.63, 3.8) is 0 Å². The number of hydrogen-bond donors (Lipinski definition) is 2. The van der Waals surface area contributed by atoms with Gasteiger partial charge in [0.05, 0.1) is 10.8 Å². The predicted octanol–water partition coefficient (Wildman–Crippen LogP) is 3.05. The van der Waals surface area contributed by atoms with E-state index in [4.69, 9.17) is 0 Å². The van der Waals surface area contributed by atoms with Crippen LogP contribution < -0.4 is 15.8 Å². The molecule has 1 aliphatic rings. The van der Waals surface area contributed by atoms with E-state index < -0.39 is 5.92 Å². The highest BCUT2D eigenvalue weighted by Gasteiger charge is 2.36. The van der Waals surface area contributed by atoms with Crippen molar-refractivity contribution in [3.05, 3.63) is 50.7 Å². The molecule has 1 atom stereocenters. The average Bonchev–Trinajstić information content (AvgIpc) is 3.24. The minimum Gasteiger partial charge on any atom is -0.311 e. The third kappa shape index (κ3) is 3.94. The molecule has 2 aromatic rings. The van der Waals surface area contributed by atoms with Crippen molar-refractivity contribution in [1.29, 1.82) is 0 Å². The fourth-order valence-corrected chi connectivity index (χ4v) is 4.42. The Bertz CT molecular complexity index is 935. The van der Waals surface area contributed by atoms with Gasteiger partial charge in [0.25, 0.3) is 5.91 Å². The first-order chi connectivity index (χ1) is 13.3. The summed E-state index contributed by atoms with van der Waals surface area (Å²) in [5.74, 6) is -1.26. The topological polar surface area (TPSA) is 78.5 Å². The highest BCUT2D eigenvalue weighted by atomic mass is 32.1. The maximum atomic E-state index is 12.5. The Kier molecular flexibility index (Phi) is 5.84. The van der Waals surface area contributed by atoms with E-state index in [1.54, 1.807) is 4.90 Å². The molecule has 3 rings (SSSR count). The molecule has 1 unspecified atom stereocenters. The van der Waals surface area contributed by atoms with Crippen LogP contribution in [0.3, 0.4) is 0 Å². The smallest absolute Gasteiger partial charge is 0.279 e. The molecule has 148 valence electrons. The van der Waals surface area contributed by atoms with Gasteiger partial charge in [0, 0.05) is 23.5 Å². The molecule has 28 heavy (non-hydrogen) atoms. The monoisotopic (exact) mass is 399 g/mol. The molecule has 1 aromatic heterocycles. The number of hydrazine groups is 1. The lowest BCUT2D eigenvalue weighted by molar-refractivity contribution is -0.126. The van der Waals surface area contributed by atoms with Crippen LogP contribution >= 0.6 is 11.3 Å². The molecule has 1 aromatic carbocycles. The summed E-state index contributed by atoms with van der Waals surface area (Å²) < 4.78 is 0. The van der Waals surface area contributed by atoms with Crippen LogP contribution in [-0.4, -0.2) is 24.3 Å². The van der Waals surface area contributed by atoms with Crippen molar-refractivity contribution in [1.82, 2.24) is 10.9 Å². The Labute approximate surface area is 168 Å². The normalized spacial score (nSPS) is 16.4. The van der Waals surface area contributed by atoms with Gasteiger partial charge in [0.15, 0.2) is 0 Å². The summed E-state index contributed by atoms with van der Waals surface area (Å²) in [6.45, 7) is 8.29. The van der Waals surface area contributed by atoms with Crippen LogP contribution in [-0.2, 0) is 16.0 Å². The molecule has 0 spiro atoms. The van der Waals surface area contributed by atoms with E-state index in [2.05, 4.69) is 10.9 Å². The first-order valence-corrected chi connectivity index (χ1v) is 10.2. The molecule has 0 radical (unpaired) electrons. The van der Waals surface area contributed by atoms with E-state index in [-0.39, 0.29) is 24.1 Å². The van der Waals surface area contributed by atoms with Gasteiger partial charge in [-0.1, -0.05) is 19.1 Å². The summed E-state index contributed by atoms with van der Waals surface area (Å²) in [4.78, 5) is 40.6. The van der Waals surface area contributed by atoms with Crippen molar-refractivity contribution < 1.29 is 14.4 Å². The number of carbonyl (C=O) groups is 3. The minimum atomic E-state index is -0.496. The Morgan fingerprint density at radius 3 is 2.61 bits per heavy atom. The van der Waals surface area contributed by atoms with Gasteiger partial charge in [-0.25, -0.2) is 0 Å². The van der Waals surface area contributed by atoms with Crippen molar-refractivity contribution in [2.45, 2.75) is 40.5 Å². The largest absolute Gasteiger partial charge is 0.311 e. The van der Waals surface area contributed by atoms with Crippen LogP contribution in [0.15, 0.2) is 24.3 Å². The first-order valence-electron chi connectivity index (χ1n) is 9.37. The summed E-state index contributed by atoms with van der Waals surface area (Å²) in [7, 11) is 0. The fourth-order valence-electron chi connectivity index (χ4n) is 3.41. The second kappa shape index (κ2) is 8.14. The van der Waals surface area contributed by atoms with Crippen LogP contribution in [0.25, 0.3) is 0 Å². The summed E-state index contributed by atoms with van der Waals surface area (Å²) >= 11 is 1.43. The molecule has 2 heterocycles. The number of nitrogens with zero attached hydrogens (tertiary/aromatic N) is 1. The Balaban J connectivity index is 1.61. The lowest BCUT2D eigenvalue weighted by Gasteiger charge is -2.20. The standard InChI is InChI=1S/C21H25N3O3S/c1-5-17-13(3)9-18(28-17)21(27)23-22-20(26)15-10-19(25)24(11-15)16-8-6-7-12(2)14(16)4/h6-9,15H,5,10-11H2,1-4H3,(H,22,26)(H,23,27). The van der Waals surface area contributed by atoms with Gasteiger partial charge < -0.3 is 4.90 Å². The highest BCUT2D eigenvalue weighted by molar-refractivity contribution is 7.14. The number of nitrogens with one attached hydrogen (secondary N) is 2. The van der Waals surface area contributed by atoms with E-state index in [0.717, 1.165) is 33.7 Å². The lowest BCUT2D eigenvalue weighted by Crippen LogP contribution is -2.45. The van der Waals surface area contributed by atoms with Crippen LogP contribution in [0.1, 0.15) is 44.6 Å². The molecular formula is C21H25N3O3S. The zero-order chi connectivity index (χ0) is 20.4. The summed E-state index contributed by atoms with van der Waals surface area (Å²) in [6, 6.07) is 7.63. The van der Waals surface area contributed by atoms with E-state index in [0.29, 0.717) is 11.4 Å². The molecule has 1 fully saturated rings. The number of carbonyl (C=O) groups excluding carboxylic acids is 3. The van der Waals surface area contributed by atoms with Gasteiger partial charge in [-0.3, -0.25) is 25.2 Å². The number of rotatable bonds is 4. The molecule has 0 bridgehead atoms. The number of hydrogen-bond acceptors (Lipinski definition) is 4. The molecule has 0 aliphatic carbocycles. The quantitative estimate of drug-likeness (QED) is 0.776. The molecule has 1 saturated heterocycles. The fraction of sp³-hybridized carbons (Fsp3) is 0.381. The number of thiophene rings is 1. The lowest BCUT2D eigenvalue weighted by atomic mass is 10.1. The van der Waals surface area contributed by atoms with Gasteiger partial charge >= 0.3 is 0 Å². The number of benzene rings is 1. The maximum Gasteiger partial charge on any atom is 0.279 e.